The van der Waals surface area contributed by atoms with Crippen molar-refractivity contribution in [3.8, 4) is 0 Å². The highest BCUT2D eigenvalue weighted by molar-refractivity contribution is 6.02. The minimum Gasteiger partial charge on any atom is -0.369 e. The number of benzene rings is 1. The number of rotatable bonds is 1. The second-order valence-electron chi connectivity index (χ2n) is 5.62. The minimum atomic E-state index is 0.250. The van der Waals surface area contributed by atoms with E-state index in [0.717, 1.165) is 48.1 Å². The maximum atomic E-state index is 12.3. The Bertz CT molecular complexity index is 712. The summed E-state index contributed by atoms with van der Waals surface area (Å²) in [6.07, 6.45) is 5.90. The Morgan fingerprint density at radius 1 is 1.20 bits per heavy atom. The number of hydrogen-bond donors (Lipinski definition) is 0. The van der Waals surface area contributed by atoms with E-state index in [1.807, 2.05) is 30.5 Å². The molecule has 2 aromatic rings. The Hall–Kier alpha value is -2.16. The number of ketones is 1. The number of piperidine rings is 3. The lowest BCUT2D eigenvalue weighted by molar-refractivity contribution is -0.125. The molecule has 4 heterocycles. The zero-order chi connectivity index (χ0) is 13.5. The summed E-state index contributed by atoms with van der Waals surface area (Å²) in [7, 11) is 0. The van der Waals surface area contributed by atoms with Crippen LogP contribution in [0.2, 0.25) is 0 Å². The van der Waals surface area contributed by atoms with Crippen LogP contribution in [0.5, 0.6) is 0 Å². The van der Waals surface area contributed by atoms with E-state index in [2.05, 4.69) is 22.0 Å². The van der Waals surface area contributed by atoms with E-state index in [-0.39, 0.29) is 5.92 Å². The standard InChI is InChI=1S/C17H16N2O/c20-17-13-5-7-19(8-6-13)16(17)10-12-9-14-3-1-2-4-15(14)18-11-12/h1-4,9-11,13H,5-8H2. The molecule has 1 aromatic carbocycles. The number of carbonyl (C=O) groups excluding carboxylic acids is 1. The summed E-state index contributed by atoms with van der Waals surface area (Å²) < 4.78 is 0. The Morgan fingerprint density at radius 3 is 2.80 bits per heavy atom. The predicted molar refractivity (Wildman–Crippen MR) is 79.0 cm³/mol. The van der Waals surface area contributed by atoms with Crippen LogP contribution in [-0.2, 0) is 4.79 Å². The molecule has 3 aliphatic heterocycles. The van der Waals surface area contributed by atoms with Gasteiger partial charge in [-0.05, 0) is 36.6 Å². The van der Waals surface area contributed by atoms with Gasteiger partial charge in [-0.1, -0.05) is 18.2 Å². The van der Waals surface area contributed by atoms with Crippen molar-refractivity contribution < 1.29 is 4.79 Å². The summed E-state index contributed by atoms with van der Waals surface area (Å²) in [4.78, 5) is 19.0. The van der Waals surface area contributed by atoms with Crippen LogP contribution in [0, 0.1) is 5.92 Å². The highest BCUT2D eigenvalue weighted by Gasteiger charge is 2.36. The lowest BCUT2D eigenvalue weighted by Crippen LogP contribution is -2.45. The van der Waals surface area contributed by atoms with Gasteiger partial charge in [-0.2, -0.15) is 0 Å². The highest BCUT2D eigenvalue weighted by atomic mass is 16.1. The van der Waals surface area contributed by atoms with E-state index in [1.165, 1.54) is 0 Å². The lowest BCUT2D eigenvalue weighted by atomic mass is 9.84. The van der Waals surface area contributed by atoms with Crippen molar-refractivity contribution >= 4 is 22.8 Å². The second-order valence-corrected chi connectivity index (χ2v) is 5.62. The smallest absolute Gasteiger partial charge is 0.182 e. The van der Waals surface area contributed by atoms with Crippen molar-refractivity contribution in [2.75, 3.05) is 13.1 Å². The fourth-order valence-corrected chi connectivity index (χ4v) is 3.23. The molecule has 3 saturated heterocycles. The number of para-hydroxylation sites is 1. The largest absolute Gasteiger partial charge is 0.369 e. The van der Waals surface area contributed by atoms with Crippen LogP contribution in [-0.4, -0.2) is 28.8 Å². The zero-order valence-corrected chi connectivity index (χ0v) is 11.2. The molecule has 3 heteroatoms. The van der Waals surface area contributed by atoms with Gasteiger partial charge in [-0.15, -0.1) is 0 Å². The van der Waals surface area contributed by atoms with Crippen LogP contribution in [0.4, 0.5) is 0 Å². The van der Waals surface area contributed by atoms with Gasteiger partial charge in [0.1, 0.15) is 0 Å². The van der Waals surface area contributed by atoms with Gasteiger partial charge < -0.3 is 4.90 Å². The number of allylic oxidation sites excluding steroid dienone is 1. The topological polar surface area (TPSA) is 33.2 Å². The molecular weight excluding hydrogens is 248 g/mol. The molecule has 0 atom stereocenters. The predicted octanol–water partition coefficient (Wildman–Crippen LogP) is 2.87. The minimum absolute atomic E-state index is 0.250. The number of nitrogens with zero attached hydrogens (tertiary/aromatic N) is 2. The molecule has 0 amide bonds. The van der Waals surface area contributed by atoms with Crippen LogP contribution >= 0.6 is 0 Å². The van der Waals surface area contributed by atoms with Gasteiger partial charge in [0.25, 0.3) is 0 Å². The van der Waals surface area contributed by atoms with Gasteiger partial charge in [-0.25, -0.2) is 0 Å². The van der Waals surface area contributed by atoms with E-state index in [9.17, 15) is 4.79 Å². The normalized spacial score (nSPS) is 21.1. The maximum Gasteiger partial charge on any atom is 0.182 e. The first-order valence-electron chi connectivity index (χ1n) is 7.17. The van der Waals surface area contributed by atoms with Crippen molar-refractivity contribution in [3.63, 3.8) is 0 Å². The summed E-state index contributed by atoms with van der Waals surface area (Å²) in [6.45, 7) is 2.03. The summed E-state index contributed by atoms with van der Waals surface area (Å²) in [5, 5.41) is 1.12. The fourth-order valence-electron chi connectivity index (χ4n) is 3.23. The van der Waals surface area contributed by atoms with Gasteiger partial charge in [-0.3, -0.25) is 9.78 Å². The van der Waals surface area contributed by atoms with Gasteiger partial charge in [0.15, 0.2) is 5.78 Å². The fraction of sp³-hybridized carbons (Fsp3) is 0.294. The Morgan fingerprint density at radius 2 is 2.00 bits per heavy atom. The SMILES string of the molecule is O=C1C(=Cc2cnc3ccccc3c2)N2CCC1CC2. The number of aromatic nitrogens is 1. The van der Waals surface area contributed by atoms with E-state index in [1.54, 1.807) is 0 Å². The van der Waals surface area contributed by atoms with Crippen LogP contribution < -0.4 is 0 Å². The van der Waals surface area contributed by atoms with Gasteiger partial charge >= 0.3 is 0 Å². The molecule has 3 fully saturated rings. The van der Waals surface area contributed by atoms with Gasteiger partial charge in [0.05, 0.1) is 11.2 Å². The maximum absolute atomic E-state index is 12.3. The monoisotopic (exact) mass is 264 g/mol. The average Bonchev–Trinajstić information content (AvgIpc) is 2.51. The first-order valence-corrected chi connectivity index (χ1v) is 7.17. The van der Waals surface area contributed by atoms with E-state index < -0.39 is 0 Å². The average molecular weight is 264 g/mol. The molecule has 5 rings (SSSR count). The number of carbonyl (C=O) groups is 1. The molecule has 3 aliphatic rings. The molecular formula is C17H16N2O. The third-order valence-electron chi connectivity index (χ3n) is 4.37. The third-order valence-corrected chi connectivity index (χ3v) is 4.37. The number of hydrogen-bond acceptors (Lipinski definition) is 3. The lowest BCUT2D eigenvalue weighted by Gasteiger charge is -2.41. The second kappa shape index (κ2) is 4.44. The third kappa shape index (κ3) is 1.82. The summed E-state index contributed by atoms with van der Waals surface area (Å²) in [6, 6.07) is 10.2. The first-order chi connectivity index (χ1) is 9.81. The number of Topliss-reactive ketones (excluding diaryl/α,β-unsaturated/α-hetero) is 1. The molecule has 100 valence electrons. The van der Waals surface area contributed by atoms with Crippen LogP contribution in [0.25, 0.3) is 17.0 Å². The zero-order valence-electron chi connectivity index (χ0n) is 11.2. The van der Waals surface area contributed by atoms with Crippen molar-refractivity contribution in [3.05, 3.63) is 47.8 Å². The molecule has 3 nitrogen and oxygen atoms in total. The summed E-state index contributed by atoms with van der Waals surface area (Å²) in [5.74, 6) is 0.565. The first kappa shape index (κ1) is 11.6. The molecule has 0 unspecified atom stereocenters. The van der Waals surface area contributed by atoms with Crippen molar-refractivity contribution in [1.82, 2.24) is 9.88 Å². The Labute approximate surface area is 117 Å². The molecule has 1 aromatic heterocycles. The Kier molecular flexibility index (Phi) is 2.59. The molecule has 0 aliphatic carbocycles. The highest BCUT2D eigenvalue weighted by Crippen LogP contribution is 2.32. The Balaban J connectivity index is 1.76. The van der Waals surface area contributed by atoms with Crippen molar-refractivity contribution in [1.29, 1.82) is 0 Å². The molecule has 0 spiro atoms. The van der Waals surface area contributed by atoms with Gasteiger partial charge in [0, 0.05) is 30.6 Å². The molecule has 0 saturated carbocycles. The van der Waals surface area contributed by atoms with E-state index in [4.69, 9.17) is 0 Å². The molecule has 0 radical (unpaired) electrons. The van der Waals surface area contributed by atoms with Crippen LogP contribution in [0.3, 0.4) is 0 Å². The van der Waals surface area contributed by atoms with Gasteiger partial charge in [0.2, 0.25) is 0 Å². The van der Waals surface area contributed by atoms with Crippen LogP contribution in [0.15, 0.2) is 42.2 Å². The molecule has 2 bridgehead atoms. The molecule has 0 N–H and O–H groups in total. The number of fused-ring (bicyclic) bond motifs is 4. The van der Waals surface area contributed by atoms with E-state index >= 15 is 0 Å². The van der Waals surface area contributed by atoms with Crippen molar-refractivity contribution in [2.24, 2.45) is 5.92 Å². The van der Waals surface area contributed by atoms with Crippen LogP contribution in [0.1, 0.15) is 18.4 Å². The van der Waals surface area contributed by atoms with Crippen molar-refractivity contribution in [2.45, 2.75) is 12.8 Å². The molecule has 20 heavy (non-hydrogen) atoms. The quantitative estimate of drug-likeness (QED) is 0.743. The number of pyridine rings is 1. The summed E-state index contributed by atoms with van der Waals surface area (Å²) in [5.41, 5.74) is 2.88. The van der Waals surface area contributed by atoms with E-state index in [0.29, 0.717) is 5.78 Å². The summed E-state index contributed by atoms with van der Waals surface area (Å²) >= 11 is 0.